The molecular weight excluding hydrogens is 509 g/mol. The van der Waals surface area contributed by atoms with E-state index in [1.807, 2.05) is 6.92 Å². The Balaban J connectivity index is 2.00. The quantitative estimate of drug-likeness (QED) is 0.374. The van der Waals surface area contributed by atoms with Crippen molar-refractivity contribution >= 4 is 27.5 Å². The Morgan fingerprint density at radius 3 is 2.18 bits per heavy atom. The Kier molecular flexibility index (Phi) is 9.84. The monoisotopic (exact) mass is 541 g/mol. The Morgan fingerprint density at radius 2 is 1.58 bits per heavy atom. The molecule has 0 aliphatic rings. The van der Waals surface area contributed by atoms with Crippen LogP contribution in [0, 0.1) is 5.82 Å². The van der Waals surface area contributed by atoms with Crippen molar-refractivity contribution in [2.75, 3.05) is 24.0 Å². The summed E-state index contributed by atoms with van der Waals surface area (Å²) in [6.07, 6.45) is 0. The Hall–Kier alpha value is -3.92. The normalized spacial score (nSPS) is 11.9. The SMILES string of the molecule is CCNC(=O)[C@@H](C)N(Cc1ccccc1F)C(=O)CN(c1ccccc1)S(=O)(=O)c1ccc(OCC)cc1. The minimum atomic E-state index is -4.20. The molecule has 0 bridgehead atoms. The van der Waals surface area contributed by atoms with Crippen LogP contribution >= 0.6 is 0 Å². The fraction of sp³-hybridized carbons (Fsp3) is 0.286. The maximum Gasteiger partial charge on any atom is 0.264 e. The molecule has 38 heavy (non-hydrogen) atoms. The van der Waals surface area contributed by atoms with Gasteiger partial charge in [-0.1, -0.05) is 36.4 Å². The van der Waals surface area contributed by atoms with Crippen LogP contribution in [0.3, 0.4) is 0 Å². The van der Waals surface area contributed by atoms with E-state index in [1.54, 1.807) is 55.5 Å². The summed E-state index contributed by atoms with van der Waals surface area (Å²) in [5, 5.41) is 2.67. The summed E-state index contributed by atoms with van der Waals surface area (Å²) < 4.78 is 48.4. The first-order chi connectivity index (χ1) is 18.2. The summed E-state index contributed by atoms with van der Waals surface area (Å²) in [5.41, 5.74) is 0.476. The number of carbonyl (C=O) groups is 2. The first-order valence-electron chi connectivity index (χ1n) is 12.3. The second-order valence-corrected chi connectivity index (χ2v) is 10.3. The molecule has 0 unspecified atom stereocenters. The highest BCUT2D eigenvalue weighted by molar-refractivity contribution is 7.92. The lowest BCUT2D eigenvalue weighted by Gasteiger charge is -2.32. The minimum Gasteiger partial charge on any atom is -0.494 e. The highest BCUT2D eigenvalue weighted by Crippen LogP contribution is 2.26. The molecule has 3 aromatic rings. The number of halogens is 1. The molecule has 3 rings (SSSR count). The number of rotatable bonds is 12. The second-order valence-electron chi connectivity index (χ2n) is 8.44. The molecule has 3 aromatic carbocycles. The van der Waals surface area contributed by atoms with Gasteiger partial charge in [-0.3, -0.25) is 13.9 Å². The maximum atomic E-state index is 14.5. The van der Waals surface area contributed by atoms with Crippen molar-refractivity contribution in [2.45, 2.75) is 38.3 Å². The van der Waals surface area contributed by atoms with Crippen LogP contribution in [0.15, 0.2) is 83.8 Å². The van der Waals surface area contributed by atoms with Gasteiger partial charge in [-0.25, -0.2) is 12.8 Å². The number of amides is 2. The van der Waals surface area contributed by atoms with Crippen molar-refractivity contribution in [2.24, 2.45) is 0 Å². The molecule has 0 radical (unpaired) electrons. The van der Waals surface area contributed by atoms with Gasteiger partial charge in [-0.05, 0) is 63.2 Å². The Bertz CT molecular complexity index is 1330. The molecule has 202 valence electrons. The molecule has 0 aliphatic carbocycles. The van der Waals surface area contributed by atoms with E-state index in [1.165, 1.54) is 42.2 Å². The zero-order valence-corrected chi connectivity index (χ0v) is 22.4. The Morgan fingerprint density at radius 1 is 0.947 bits per heavy atom. The number of hydrogen-bond donors (Lipinski definition) is 1. The lowest BCUT2D eigenvalue weighted by Crippen LogP contribution is -2.51. The first-order valence-corrected chi connectivity index (χ1v) is 13.7. The fourth-order valence-corrected chi connectivity index (χ4v) is 5.25. The lowest BCUT2D eigenvalue weighted by atomic mass is 10.1. The van der Waals surface area contributed by atoms with E-state index < -0.39 is 40.2 Å². The van der Waals surface area contributed by atoms with Crippen LogP contribution in [0.25, 0.3) is 0 Å². The van der Waals surface area contributed by atoms with Gasteiger partial charge >= 0.3 is 0 Å². The third-order valence-corrected chi connectivity index (χ3v) is 7.65. The molecule has 8 nitrogen and oxygen atoms in total. The van der Waals surface area contributed by atoms with Crippen LogP contribution in [0.4, 0.5) is 10.1 Å². The van der Waals surface area contributed by atoms with E-state index in [9.17, 15) is 22.4 Å². The van der Waals surface area contributed by atoms with Crippen LogP contribution in [-0.2, 0) is 26.2 Å². The molecular formula is C28H32FN3O5S. The number of hydrogen-bond acceptors (Lipinski definition) is 5. The molecule has 0 fully saturated rings. The van der Waals surface area contributed by atoms with Gasteiger partial charge in [0.05, 0.1) is 17.2 Å². The third-order valence-electron chi connectivity index (χ3n) is 5.86. The minimum absolute atomic E-state index is 0.0324. The lowest BCUT2D eigenvalue weighted by molar-refractivity contribution is -0.139. The molecule has 10 heteroatoms. The fourth-order valence-electron chi connectivity index (χ4n) is 3.84. The largest absolute Gasteiger partial charge is 0.494 e. The average molecular weight is 542 g/mol. The molecule has 0 aromatic heterocycles. The van der Waals surface area contributed by atoms with Crippen LogP contribution in [0.5, 0.6) is 5.75 Å². The number of para-hydroxylation sites is 1. The van der Waals surface area contributed by atoms with Gasteiger partial charge < -0.3 is 15.0 Å². The number of ether oxygens (including phenoxy) is 1. The van der Waals surface area contributed by atoms with E-state index in [-0.39, 0.29) is 22.7 Å². The van der Waals surface area contributed by atoms with E-state index in [0.717, 1.165) is 4.31 Å². The summed E-state index contributed by atoms with van der Waals surface area (Å²) in [4.78, 5) is 27.5. The molecule has 0 saturated heterocycles. The molecule has 0 saturated carbocycles. The van der Waals surface area contributed by atoms with E-state index in [2.05, 4.69) is 5.32 Å². The smallest absolute Gasteiger partial charge is 0.264 e. The van der Waals surface area contributed by atoms with Gasteiger partial charge in [0.2, 0.25) is 11.8 Å². The molecule has 0 heterocycles. The average Bonchev–Trinajstić information content (AvgIpc) is 2.92. The van der Waals surface area contributed by atoms with E-state index in [4.69, 9.17) is 4.74 Å². The van der Waals surface area contributed by atoms with Gasteiger partial charge in [0.15, 0.2) is 0 Å². The standard InChI is InChI=1S/C28H32FN3O5S/c1-4-30-28(34)21(3)31(19-22-11-9-10-14-26(22)29)27(33)20-32(23-12-7-6-8-13-23)38(35,36)25-17-15-24(16-18-25)37-5-2/h6-18,21H,4-5,19-20H2,1-3H3,(H,30,34)/t21-/m1/s1. The molecule has 0 spiro atoms. The number of benzene rings is 3. The van der Waals surface area contributed by atoms with Crippen molar-refractivity contribution in [3.05, 3.63) is 90.2 Å². The van der Waals surface area contributed by atoms with Crippen LogP contribution in [-0.4, -0.2) is 50.9 Å². The number of anilines is 1. The Labute approximate surface area is 223 Å². The van der Waals surface area contributed by atoms with E-state index in [0.29, 0.717) is 18.9 Å². The van der Waals surface area contributed by atoms with Crippen LogP contribution in [0.1, 0.15) is 26.3 Å². The summed E-state index contributed by atoms with van der Waals surface area (Å²) in [5.74, 6) is -1.11. The van der Waals surface area contributed by atoms with Gasteiger partial charge in [-0.2, -0.15) is 0 Å². The molecule has 1 N–H and O–H groups in total. The molecule has 1 atom stereocenters. The highest BCUT2D eigenvalue weighted by Gasteiger charge is 2.32. The van der Waals surface area contributed by atoms with Crippen molar-refractivity contribution in [1.29, 1.82) is 0 Å². The van der Waals surface area contributed by atoms with Crippen molar-refractivity contribution in [3.63, 3.8) is 0 Å². The molecule has 2 amide bonds. The number of nitrogens with zero attached hydrogens (tertiary/aromatic N) is 2. The van der Waals surface area contributed by atoms with Gasteiger partial charge in [0.1, 0.15) is 24.2 Å². The van der Waals surface area contributed by atoms with E-state index >= 15 is 0 Å². The van der Waals surface area contributed by atoms with Crippen LogP contribution < -0.4 is 14.4 Å². The molecule has 0 aliphatic heterocycles. The number of carbonyl (C=O) groups excluding carboxylic acids is 2. The van der Waals surface area contributed by atoms with Gasteiger partial charge in [-0.15, -0.1) is 0 Å². The topological polar surface area (TPSA) is 96.0 Å². The number of likely N-dealkylation sites (N-methyl/N-ethyl adjacent to an activating group) is 1. The summed E-state index contributed by atoms with van der Waals surface area (Å²) in [6, 6.07) is 19.1. The third kappa shape index (κ3) is 6.89. The number of sulfonamides is 1. The van der Waals surface area contributed by atoms with Crippen molar-refractivity contribution < 1.29 is 27.1 Å². The summed E-state index contributed by atoms with van der Waals surface area (Å²) >= 11 is 0. The van der Waals surface area contributed by atoms with Gasteiger partial charge in [0.25, 0.3) is 10.0 Å². The predicted octanol–water partition coefficient (Wildman–Crippen LogP) is 3.97. The second kappa shape index (κ2) is 13.0. The van der Waals surface area contributed by atoms with Gasteiger partial charge in [0, 0.05) is 18.7 Å². The summed E-state index contributed by atoms with van der Waals surface area (Å²) in [7, 11) is -4.20. The zero-order chi connectivity index (χ0) is 27.7. The highest BCUT2D eigenvalue weighted by atomic mass is 32.2. The van der Waals surface area contributed by atoms with Crippen molar-refractivity contribution in [1.82, 2.24) is 10.2 Å². The van der Waals surface area contributed by atoms with Crippen molar-refractivity contribution in [3.8, 4) is 5.75 Å². The first kappa shape index (κ1) is 28.6. The van der Waals surface area contributed by atoms with Crippen LogP contribution in [0.2, 0.25) is 0 Å². The predicted molar refractivity (Wildman–Crippen MR) is 144 cm³/mol. The maximum absolute atomic E-state index is 14.5. The zero-order valence-electron chi connectivity index (χ0n) is 21.6. The number of nitrogens with one attached hydrogen (secondary N) is 1. The summed E-state index contributed by atoms with van der Waals surface area (Å²) in [6.45, 7) is 5.05.